The Morgan fingerprint density at radius 1 is 1.04 bits per heavy atom. The molecule has 0 radical (unpaired) electrons. The molecule has 0 aliphatic carbocycles. The number of urea groups is 1. The topological polar surface area (TPSA) is 69.8 Å². The van der Waals surface area contributed by atoms with Gasteiger partial charge in [-0.25, -0.2) is 4.79 Å². The van der Waals surface area contributed by atoms with Crippen LogP contribution in [0, 0.1) is 0 Å². The largest absolute Gasteiger partial charge is 0.391 e. The fourth-order valence-corrected chi connectivity index (χ4v) is 3.89. The van der Waals surface area contributed by atoms with E-state index in [9.17, 15) is 9.90 Å². The van der Waals surface area contributed by atoms with Gasteiger partial charge in [-0.05, 0) is 35.4 Å². The molecule has 1 unspecified atom stereocenters. The van der Waals surface area contributed by atoms with Gasteiger partial charge in [0.15, 0.2) is 0 Å². The minimum Gasteiger partial charge on any atom is -0.391 e. The maximum Gasteiger partial charge on any atom is 0.323 e. The summed E-state index contributed by atoms with van der Waals surface area (Å²) < 4.78 is 0. The van der Waals surface area contributed by atoms with E-state index in [1.54, 1.807) is 0 Å². The lowest BCUT2D eigenvalue weighted by atomic mass is 9.97. The third-order valence-corrected chi connectivity index (χ3v) is 5.13. The molecule has 0 fully saturated rings. The Morgan fingerprint density at radius 2 is 1.75 bits per heavy atom. The number of rotatable bonds is 3. The first kappa shape index (κ1) is 18.1. The lowest BCUT2D eigenvalue weighted by Crippen LogP contribution is -2.38. The first-order valence-electron chi connectivity index (χ1n) is 9.30. The van der Waals surface area contributed by atoms with Crippen LogP contribution in [0.3, 0.4) is 0 Å². The van der Waals surface area contributed by atoms with Crippen molar-refractivity contribution < 1.29 is 9.90 Å². The molecule has 3 N–H and O–H groups in total. The van der Waals surface area contributed by atoms with E-state index in [-0.39, 0.29) is 0 Å². The molecule has 2 amide bonds. The van der Waals surface area contributed by atoms with Crippen LogP contribution in [0.4, 0.5) is 21.9 Å². The summed E-state index contributed by atoms with van der Waals surface area (Å²) in [5.41, 5.74) is 11.2. The summed E-state index contributed by atoms with van der Waals surface area (Å²) in [7, 11) is 1.94. The van der Waals surface area contributed by atoms with Crippen LogP contribution < -0.4 is 15.5 Å². The van der Waals surface area contributed by atoms with Gasteiger partial charge in [0.1, 0.15) is 0 Å². The highest BCUT2D eigenvalue weighted by Gasteiger charge is 2.27. The van der Waals surface area contributed by atoms with Crippen molar-refractivity contribution in [3.8, 4) is 11.1 Å². The quantitative estimate of drug-likeness (QED) is 0.731. The number of likely N-dealkylation sites (N-methyl/N-ethyl adjacent to an activating group) is 1. The molecule has 0 bridgehead atoms. The van der Waals surface area contributed by atoms with Gasteiger partial charge < -0.3 is 15.7 Å². The predicted molar refractivity (Wildman–Crippen MR) is 113 cm³/mol. The molecule has 1 aliphatic heterocycles. The number of primary amides is 1. The zero-order chi connectivity index (χ0) is 19.7. The second-order valence-electron chi connectivity index (χ2n) is 7.10. The molecule has 1 aliphatic rings. The van der Waals surface area contributed by atoms with E-state index in [2.05, 4.69) is 0 Å². The molecule has 0 aromatic heterocycles. The zero-order valence-electron chi connectivity index (χ0n) is 15.7. The molecular formula is C23H23N3O2. The van der Waals surface area contributed by atoms with Crippen molar-refractivity contribution in [2.45, 2.75) is 12.5 Å². The minimum atomic E-state index is -0.554. The summed E-state index contributed by atoms with van der Waals surface area (Å²) in [6.07, 6.45) is 0.00175. The van der Waals surface area contributed by atoms with Gasteiger partial charge >= 0.3 is 6.03 Å². The monoisotopic (exact) mass is 373 g/mol. The molecule has 28 heavy (non-hydrogen) atoms. The van der Waals surface area contributed by atoms with Gasteiger partial charge in [0.25, 0.3) is 0 Å². The maximum atomic E-state index is 12.5. The van der Waals surface area contributed by atoms with Crippen molar-refractivity contribution in [1.29, 1.82) is 0 Å². The SMILES string of the molecule is CN1CC(O)Cc2c1cccc2N(C(N)=O)c1cccc(-c2ccccc2)c1. The van der Waals surface area contributed by atoms with E-state index >= 15 is 0 Å². The van der Waals surface area contributed by atoms with Gasteiger partial charge in [-0.2, -0.15) is 0 Å². The predicted octanol–water partition coefficient (Wildman–Crippen LogP) is 3.92. The standard InChI is InChI=1S/C23H23N3O2/c1-25-15-19(27)14-20-21(25)11-6-12-22(20)26(23(24)28)18-10-5-9-17(13-18)16-7-3-2-4-8-16/h2-13,19,27H,14-15H2,1H3,(H2,24,28). The lowest BCUT2D eigenvalue weighted by Gasteiger charge is -2.34. The fourth-order valence-electron chi connectivity index (χ4n) is 3.89. The zero-order valence-corrected chi connectivity index (χ0v) is 15.7. The van der Waals surface area contributed by atoms with Gasteiger partial charge in [0, 0.05) is 31.3 Å². The van der Waals surface area contributed by atoms with Crippen LogP contribution in [0.5, 0.6) is 0 Å². The summed E-state index contributed by atoms with van der Waals surface area (Å²) in [6, 6.07) is 23.0. The Kier molecular flexibility index (Phi) is 4.75. The van der Waals surface area contributed by atoms with E-state index in [1.165, 1.54) is 4.90 Å². The summed E-state index contributed by atoms with van der Waals surface area (Å²) in [5.74, 6) is 0. The summed E-state index contributed by atoms with van der Waals surface area (Å²) in [5, 5.41) is 10.3. The summed E-state index contributed by atoms with van der Waals surface area (Å²) >= 11 is 0. The Morgan fingerprint density at radius 3 is 2.50 bits per heavy atom. The molecule has 1 atom stereocenters. The van der Waals surface area contributed by atoms with Crippen LogP contribution in [-0.4, -0.2) is 30.8 Å². The van der Waals surface area contributed by atoms with Crippen molar-refractivity contribution in [2.24, 2.45) is 5.73 Å². The van der Waals surface area contributed by atoms with E-state index in [0.717, 1.165) is 22.4 Å². The summed E-state index contributed by atoms with van der Waals surface area (Å²) in [6.45, 7) is 0.566. The third-order valence-electron chi connectivity index (χ3n) is 5.13. The van der Waals surface area contributed by atoms with Gasteiger partial charge in [0.05, 0.1) is 17.5 Å². The van der Waals surface area contributed by atoms with Crippen molar-refractivity contribution in [2.75, 3.05) is 23.4 Å². The smallest absolute Gasteiger partial charge is 0.323 e. The first-order valence-corrected chi connectivity index (χ1v) is 9.30. The Balaban J connectivity index is 1.82. The van der Waals surface area contributed by atoms with Crippen LogP contribution in [0.25, 0.3) is 11.1 Å². The van der Waals surface area contributed by atoms with Crippen molar-refractivity contribution in [3.05, 3.63) is 78.4 Å². The Hall–Kier alpha value is -3.31. The van der Waals surface area contributed by atoms with E-state index in [0.29, 0.717) is 24.3 Å². The number of anilines is 3. The number of carbonyl (C=O) groups is 1. The molecule has 5 heteroatoms. The number of aliphatic hydroxyl groups excluding tert-OH is 1. The average Bonchev–Trinajstić information content (AvgIpc) is 2.69. The number of nitrogens with two attached hydrogens (primary N) is 1. The van der Waals surface area contributed by atoms with Gasteiger partial charge in [-0.3, -0.25) is 4.90 Å². The van der Waals surface area contributed by atoms with E-state index in [4.69, 9.17) is 5.73 Å². The van der Waals surface area contributed by atoms with E-state index in [1.807, 2.05) is 84.7 Å². The van der Waals surface area contributed by atoms with Crippen LogP contribution in [0.2, 0.25) is 0 Å². The van der Waals surface area contributed by atoms with E-state index < -0.39 is 12.1 Å². The van der Waals surface area contributed by atoms with Crippen LogP contribution in [-0.2, 0) is 6.42 Å². The second-order valence-corrected chi connectivity index (χ2v) is 7.10. The summed E-state index contributed by atoms with van der Waals surface area (Å²) in [4.78, 5) is 16.0. The Bertz CT molecular complexity index is 1000. The fraction of sp³-hybridized carbons (Fsp3) is 0.174. The average molecular weight is 373 g/mol. The molecular weight excluding hydrogens is 350 g/mol. The number of β-amino-alcohol motifs (C(OH)–C–C–N with tert-alkyl or cyclic N) is 1. The van der Waals surface area contributed by atoms with Gasteiger partial charge in [-0.1, -0.05) is 48.5 Å². The van der Waals surface area contributed by atoms with Crippen LogP contribution in [0.1, 0.15) is 5.56 Å². The number of nitrogens with zero attached hydrogens (tertiary/aromatic N) is 2. The van der Waals surface area contributed by atoms with Gasteiger partial charge in [0.2, 0.25) is 0 Å². The molecule has 5 nitrogen and oxygen atoms in total. The van der Waals surface area contributed by atoms with Crippen molar-refractivity contribution in [1.82, 2.24) is 0 Å². The van der Waals surface area contributed by atoms with Crippen molar-refractivity contribution >= 4 is 23.1 Å². The minimum absolute atomic E-state index is 0.482. The van der Waals surface area contributed by atoms with Gasteiger partial charge in [-0.15, -0.1) is 0 Å². The maximum absolute atomic E-state index is 12.5. The lowest BCUT2D eigenvalue weighted by molar-refractivity contribution is 0.177. The number of carbonyl (C=O) groups excluding carboxylic acids is 1. The number of aliphatic hydroxyl groups is 1. The normalized spacial score (nSPS) is 15.8. The molecule has 1 heterocycles. The highest BCUT2D eigenvalue weighted by Crippen LogP contribution is 2.38. The number of fused-ring (bicyclic) bond motifs is 1. The molecule has 4 rings (SSSR count). The first-order chi connectivity index (χ1) is 13.5. The van der Waals surface area contributed by atoms with Crippen LogP contribution in [0.15, 0.2) is 72.8 Å². The third kappa shape index (κ3) is 3.32. The van der Waals surface area contributed by atoms with Crippen molar-refractivity contribution in [3.63, 3.8) is 0 Å². The molecule has 3 aromatic carbocycles. The number of hydrogen-bond acceptors (Lipinski definition) is 3. The molecule has 0 spiro atoms. The number of benzene rings is 3. The molecule has 3 aromatic rings. The molecule has 0 saturated heterocycles. The number of amides is 2. The number of hydrogen-bond donors (Lipinski definition) is 2. The highest BCUT2D eigenvalue weighted by molar-refractivity contribution is 6.00. The van der Waals surface area contributed by atoms with Crippen LogP contribution >= 0.6 is 0 Å². The second kappa shape index (κ2) is 7.37. The highest BCUT2D eigenvalue weighted by atomic mass is 16.3. The Labute approximate surface area is 164 Å². The molecule has 142 valence electrons. The molecule has 0 saturated carbocycles.